The van der Waals surface area contributed by atoms with Gasteiger partial charge in [-0.05, 0) is 24.3 Å². The van der Waals surface area contributed by atoms with Gasteiger partial charge in [-0.25, -0.2) is 0 Å². The Labute approximate surface area is 264 Å². The van der Waals surface area contributed by atoms with Crippen molar-refractivity contribution in [2.75, 3.05) is 98.2 Å². The zero-order valence-corrected chi connectivity index (χ0v) is 25.4. The van der Waals surface area contributed by atoms with E-state index in [1.54, 1.807) is 14.7 Å². The van der Waals surface area contributed by atoms with Crippen LogP contribution >= 0.6 is 0 Å². The predicted octanol–water partition coefficient (Wildman–Crippen LogP) is -3.60. The second kappa shape index (κ2) is 19.7. The van der Waals surface area contributed by atoms with Crippen molar-refractivity contribution in [2.45, 2.75) is 0 Å². The molecule has 0 spiro atoms. The number of hydrogen-bond acceptors (Lipinski definition) is 12. The van der Waals surface area contributed by atoms with Crippen LogP contribution in [0.5, 0.6) is 5.75 Å². The number of carbonyl (C=O) groups is 7. The number of carboxylic acid groups (broad SMARTS) is 3. The summed E-state index contributed by atoms with van der Waals surface area (Å²) in [5.74, 6) is -5.48. The molecule has 0 aliphatic carbocycles. The van der Waals surface area contributed by atoms with Gasteiger partial charge in [0.15, 0.2) is 5.78 Å². The lowest BCUT2D eigenvalue weighted by atomic mass is 10.1. The van der Waals surface area contributed by atoms with E-state index >= 15 is 0 Å². The van der Waals surface area contributed by atoms with Crippen LogP contribution in [0, 0.1) is 0 Å². The van der Waals surface area contributed by atoms with Crippen molar-refractivity contribution in [3.05, 3.63) is 29.8 Å². The Hall–Kier alpha value is -4.65. The number of benzene rings is 1. The third-order valence-corrected chi connectivity index (χ3v) is 6.90. The third-order valence-electron chi connectivity index (χ3n) is 6.90. The number of aromatic hydroxyl groups is 1. The van der Waals surface area contributed by atoms with Gasteiger partial charge in [0.2, 0.25) is 17.7 Å². The molecule has 18 heteroatoms. The van der Waals surface area contributed by atoms with E-state index in [0.29, 0.717) is 5.56 Å². The number of ketones is 1. The Kier molecular flexibility index (Phi) is 16.1. The normalized spacial score (nSPS) is 15.9. The third kappa shape index (κ3) is 15.9. The molecule has 1 aromatic rings. The van der Waals surface area contributed by atoms with Crippen molar-refractivity contribution in [3.63, 3.8) is 0 Å². The number of carboxylic acids is 3. The predicted molar refractivity (Wildman–Crippen MR) is 160 cm³/mol. The minimum Gasteiger partial charge on any atom is -0.508 e. The van der Waals surface area contributed by atoms with E-state index in [4.69, 9.17) is 15.3 Å². The van der Waals surface area contributed by atoms with Crippen molar-refractivity contribution >= 4 is 41.4 Å². The van der Waals surface area contributed by atoms with E-state index in [9.17, 15) is 38.7 Å². The molecular formula is C28H41N7O11. The quantitative estimate of drug-likeness (QED) is 0.0905. The maximum Gasteiger partial charge on any atom is 0.322 e. The molecule has 1 fully saturated rings. The molecule has 46 heavy (non-hydrogen) atoms. The second-order valence-electron chi connectivity index (χ2n) is 10.6. The molecule has 7 N–H and O–H groups in total. The number of nitrogens with one attached hydrogen (secondary N) is 3. The summed E-state index contributed by atoms with van der Waals surface area (Å²) in [5, 5.41) is 43.2. The Morgan fingerprint density at radius 1 is 0.500 bits per heavy atom. The molecule has 0 bridgehead atoms. The van der Waals surface area contributed by atoms with Crippen molar-refractivity contribution < 1.29 is 54.0 Å². The van der Waals surface area contributed by atoms with E-state index in [1.807, 2.05) is 4.90 Å². The first kappa shape index (κ1) is 37.5. The second-order valence-corrected chi connectivity index (χ2v) is 10.6. The molecule has 1 aliphatic rings. The Morgan fingerprint density at radius 2 is 0.783 bits per heavy atom. The number of nitrogens with zero attached hydrogens (tertiary/aromatic N) is 4. The number of hydrogen-bond donors (Lipinski definition) is 7. The molecule has 254 valence electrons. The van der Waals surface area contributed by atoms with Crippen LogP contribution in [0.4, 0.5) is 0 Å². The van der Waals surface area contributed by atoms with E-state index in [-0.39, 0.29) is 90.1 Å². The Bertz CT molecular complexity index is 1180. The fourth-order valence-electron chi connectivity index (χ4n) is 4.45. The molecule has 0 radical (unpaired) electrons. The van der Waals surface area contributed by atoms with Crippen LogP contribution in [0.1, 0.15) is 10.4 Å². The van der Waals surface area contributed by atoms with E-state index in [0.717, 1.165) is 0 Å². The molecule has 1 aromatic carbocycles. The van der Waals surface area contributed by atoms with E-state index in [1.165, 1.54) is 24.3 Å². The highest BCUT2D eigenvalue weighted by molar-refractivity contribution is 5.97. The minimum atomic E-state index is -1.22. The van der Waals surface area contributed by atoms with Gasteiger partial charge in [0.05, 0.1) is 26.2 Å². The summed E-state index contributed by atoms with van der Waals surface area (Å²) in [6.45, 7) is -0.186. The fraction of sp³-hybridized carbons (Fsp3) is 0.536. The molecule has 0 saturated carbocycles. The molecule has 3 amide bonds. The van der Waals surface area contributed by atoms with Crippen LogP contribution in [0.25, 0.3) is 0 Å². The largest absolute Gasteiger partial charge is 0.508 e. The molecule has 1 heterocycles. The van der Waals surface area contributed by atoms with Gasteiger partial charge in [0, 0.05) is 57.9 Å². The number of amides is 3. The highest BCUT2D eigenvalue weighted by Gasteiger charge is 2.22. The smallest absolute Gasteiger partial charge is 0.322 e. The van der Waals surface area contributed by atoms with Crippen molar-refractivity contribution in [1.82, 2.24) is 35.6 Å². The van der Waals surface area contributed by atoms with E-state index < -0.39 is 55.3 Å². The lowest BCUT2D eigenvalue weighted by Crippen LogP contribution is -2.51. The van der Waals surface area contributed by atoms with Gasteiger partial charge in [0.25, 0.3) is 0 Å². The first-order valence-corrected chi connectivity index (χ1v) is 14.5. The molecule has 1 saturated heterocycles. The topological polar surface area (TPSA) is 249 Å². The van der Waals surface area contributed by atoms with Crippen LogP contribution in [0.2, 0.25) is 0 Å². The monoisotopic (exact) mass is 651 g/mol. The lowest BCUT2D eigenvalue weighted by molar-refractivity contribution is -0.138. The number of Topliss-reactive ketones (excluding diaryl/α,β-unsaturated/α-hetero) is 1. The summed E-state index contributed by atoms with van der Waals surface area (Å²) >= 11 is 0. The van der Waals surface area contributed by atoms with Gasteiger partial charge in [0.1, 0.15) is 25.4 Å². The number of phenolic OH excluding ortho intramolecular Hbond substituents is 1. The van der Waals surface area contributed by atoms with Crippen LogP contribution in [-0.4, -0.2) is 180 Å². The molecule has 2 rings (SSSR count). The zero-order chi connectivity index (χ0) is 34.1. The summed E-state index contributed by atoms with van der Waals surface area (Å²) in [5.41, 5.74) is 0.371. The first-order chi connectivity index (χ1) is 21.8. The van der Waals surface area contributed by atoms with Crippen molar-refractivity contribution in [3.8, 4) is 5.75 Å². The number of phenols is 1. The van der Waals surface area contributed by atoms with Crippen LogP contribution in [0.15, 0.2) is 24.3 Å². The maximum absolute atomic E-state index is 13.1. The molecular weight excluding hydrogens is 610 g/mol. The summed E-state index contributed by atoms with van der Waals surface area (Å²) in [4.78, 5) is 90.3. The van der Waals surface area contributed by atoms with Crippen LogP contribution in [-0.2, 0) is 28.8 Å². The summed E-state index contributed by atoms with van der Waals surface area (Å²) < 4.78 is 0. The van der Waals surface area contributed by atoms with Gasteiger partial charge in [-0.3, -0.25) is 53.2 Å². The summed E-state index contributed by atoms with van der Waals surface area (Å²) in [6, 6.07) is 5.78. The summed E-state index contributed by atoms with van der Waals surface area (Å²) in [7, 11) is 0. The number of rotatable bonds is 15. The Balaban J connectivity index is 2.26. The van der Waals surface area contributed by atoms with Gasteiger partial charge >= 0.3 is 17.9 Å². The molecule has 0 atom stereocenters. The standard InChI is InChI=1S/C28H41N7O11/c36-21-3-1-20(2-4-21)22(37)16-32-5-7-33(17-23(38)29-13-26(41)42)9-11-35(19-25(40)31-15-28(45)46)12-10-34(8-6-32)18-24(39)30-14-27(43)44/h1-4,36H,5-19H2,(H,29,38)(H,30,39)(H,31,40)(H,41,42)(H,43,44)(H,45,46). The average Bonchev–Trinajstić information content (AvgIpc) is 2.99. The van der Waals surface area contributed by atoms with Gasteiger partial charge in [-0.15, -0.1) is 0 Å². The minimum absolute atomic E-state index is 0.00454. The van der Waals surface area contributed by atoms with E-state index in [2.05, 4.69) is 16.0 Å². The van der Waals surface area contributed by atoms with Crippen molar-refractivity contribution in [1.29, 1.82) is 0 Å². The molecule has 0 unspecified atom stereocenters. The fourth-order valence-corrected chi connectivity index (χ4v) is 4.45. The average molecular weight is 652 g/mol. The van der Waals surface area contributed by atoms with Gasteiger partial charge in [-0.1, -0.05) is 0 Å². The maximum atomic E-state index is 13.1. The van der Waals surface area contributed by atoms with Crippen LogP contribution < -0.4 is 16.0 Å². The van der Waals surface area contributed by atoms with Gasteiger partial charge in [-0.2, -0.15) is 0 Å². The lowest BCUT2D eigenvalue weighted by Gasteiger charge is -2.33. The Morgan fingerprint density at radius 3 is 1.07 bits per heavy atom. The van der Waals surface area contributed by atoms with Crippen molar-refractivity contribution in [2.24, 2.45) is 0 Å². The molecule has 0 aromatic heterocycles. The SMILES string of the molecule is O=C(O)CNC(=O)CN1CCN(CC(=O)NCC(=O)O)CCN(CC(=O)c2ccc(O)cc2)CCN(CC(=O)NCC(=O)O)CC1. The highest BCUT2D eigenvalue weighted by Crippen LogP contribution is 2.11. The van der Waals surface area contributed by atoms with Gasteiger partial charge < -0.3 is 36.4 Å². The number of aliphatic carboxylic acids is 3. The zero-order valence-electron chi connectivity index (χ0n) is 25.4. The highest BCUT2D eigenvalue weighted by atomic mass is 16.4. The summed E-state index contributed by atoms with van der Waals surface area (Å²) in [6.07, 6.45) is 0. The first-order valence-electron chi connectivity index (χ1n) is 14.5. The molecule has 1 aliphatic heterocycles. The number of carbonyl (C=O) groups excluding carboxylic acids is 4. The molecule has 18 nitrogen and oxygen atoms in total. The van der Waals surface area contributed by atoms with Crippen LogP contribution in [0.3, 0.4) is 0 Å².